The highest BCUT2D eigenvalue weighted by Gasteiger charge is 2.06. The lowest BCUT2D eigenvalue weighted by Gasteiger charge is -2.08. The Kier molecular flexibility index (Phi) is 5.30. The first-order valence-corrected chi connectivity index (χ1v) is 7.35. The first kappa shape index (κ1) is 14.7. The van der Waals surface area contributed by atoms with Crippen molar-refractivity contribution in [1.29, 1.82) is 0 Å². The molecule has 0 unspecified atom stereocenters. The predicted octanol–water partition coefficient (Wildman–Crippen LogP) is 5.56. The van der Waals surface area contributed by atoms with Crippen LogP contribution >= 0.6 is 15.9 Å². The van der Waals surface area contributed by atoms with Gasteiger partial charge in [-0.25, -0.2) is 0 Å². The van der Waals surface area contributed by atoms with Crippen LogP contribution in [-0.2, 0) is 5.11 Å². The molecule has 1 radical (unpaired) electrons. The fourth-order valence-corrected chi connectivity index (χ4v) is 1.97. The van der Waals surface area contributed by atoms with Gasteiger partial charge in [0.1, 0.15) is 11.5 Å². The second-order valence-corrected chi connectivity index (χ2v) is 5.28. The summed E-state index contributed by atoms with van der Waals surface area (Å²) in [6.45, 7) is 2.84. The van der Waals surface area contributed by atoms with E-state index in [9.17, 15) is 5.11 Å². The first-order chi connectivity index (χ1) is 9.69. The van der Waals surface area contributed by atoms with Crippen molar-refractivity contribution in [2.75, 3.05) is 6.61 Å². The molecule has 0 bridgehead atoms. The minimum Gasteiger partial charge on any atom is -0.494 e. The number of unbranched alkanes of at least 4 members (excludes halogenated alkanes) is 1. The van der Waals surface area contributed by atoms with Crippen LogP contribution in [0.5, 0.6) is 23.0 Å². The van der Waals surface area contributed by atoms with Gasteiger partial charge >= 0.3 is 0 Å². The molecule has 0 fully saturated rings. The molecule has 0 spiro atoms. The fraction of sp³-hybridized carbons (Fsp3) is 0.250. The third-order valence-corrected chi connectivity index (χ3v) is 3.22. The number of ether oxygens (including phenoxy) is 2. The largest absolute Gasteiger partial charge is 0.494 e. The van der Waals surface area contributed by atoms with Crippen LogP contribution in [0.3, 0.4) is 0 Å². The zero-order chi connectivity index (χ0) is 14.4. The molecule has 0 aromatic heterocycles. The van der Waals surface area contributed by atoms with Crippen LogP contribution in [-0.4, -0.2) is 6.61 Å². The van der Waals surface area contributed by atoms with Gasteiger partial charge in [0.15, 0.2) is 5.75 Å². The molecule has 4 heteroatoms. The van der Waals surface area contributed by atoms with E-state index in [2.05, 4.69) is 22.9 Å². The van der Waals surface area contributed by atoms with Gasteiger partial charge < -0.3 is 9.47 Å². The zero-order valence-electron chi connectivity index (χ0n) is 11.3. The van der Waals surface area contributed by atoms with Crippen LogP contribution in [0.1, 0.15) is 19.8 Å². The van der Waals surface area contributed by atoms with E-state index >= 15 is 0 Å². The Morgan fingerprint density at radius 2 is 1.75 bits per heavy atom. The third kappa shape index (κ3) is 4.17. The predicted molar refractivity (Wildman–Crippen MR) is 81.2 cm³/mol. The maximum Gasteiger partial charge on any atom is 0.221 e. The van der Waals surface area contributed by atoms with Crippen LogP contribution < -0.4 is 9.47 Å². The Labute approximate surface area is 127 Å². The summed E-state index contributed by atoms with van der Waals surface area (Å²) in [5.74, 6) is 1.58. The van der Waals surface area contributed by atoms with Gasteiger partial charge in [0.05, 0.1) is 6.61 Å². The Hall–Kier alpha value is -1.68. The summed E-state index contributed by atoms with van der Waals surface area (Å²) in [6, 6.07) is 12.1. The molecule has 20 heavy (non-hydrogen) atoms. The Morgan fingerprint density at radius 1 is 1.05 bits per heavy atom. The monoisotopic (exact) mass is 335 g/mol. The van der Waals surface area contributed by atoms with Crippen molar-refractivity contribution in [2.24, 2.45) is 0 Å². The van der Waals surface area contributed by atoms with E-state index in [4.69, 9.17) is 9.47 Å². The lowest BCUT2D eigenvalue weighted by atomic mass is 10.3. The van der Waals surface area contributed by atoms with E-state index < -0.39 is 0 Å². The second-order valence-electron chi connectivity index (χ2n) is 4.37. The minimum atomic E-state index is -0.142. The molecule has 0 aliphatic carbocycles. The Bertz CT molecular complexity index is 552. The molecule has 0 N–H and O–H groups in total. The van der Waals surface area contributed by atoms with E-state index in [0.717, 1.165) is 23.1 Å². The number of benzene rings is 2. The van der Waals surface area contributed by atoms with E-state index in [1.807, 2.05) is 12.1 Å². The van der Waals surface area contributed by atoms with Gasteiger partial charge in [-0.1, -0.05) is 29.3 Å². The molecule has 3 nitrogen and oxygen atoms in total. The summed E-state index contributed by atoms with van der Waals surface area (Å²) in [5.41, 5.74) is 0. The molecule has 2 rings (SSSR count). The highest BCUT2D eigenvalue weighted by molar-refractivity contribution is 9.10. The summed E-state index contributed by atoms with van der Waals surface area (Å²) in [7, 11) is 0. The molecular formula is C16H16BrO3. The maximum atomic E-state index is 11.6. The number of halogens is 1. The molecule has 0 amide bonds. The molecular weight excluding hydrogens is 320 g/mol. The fourth-order valence-electron chi connectivity index (χ4n) is 1.63. The van der Waals surface area contributed by atoms with Crippen molar-refractivity contribution >= 4 is 15.9 Å². The maximum absolute atomic E-state index is 11.6. The molecule has 0 saturated carbocycles. The molecule has 0 heterocycles. The zero-order valence-corrected chi connectivity index (χ0v) is 12.9. The van der Waals surface area contributed by atoms with Crippen LogP contribution in [0.15, 0.2) is 46.9 Å². The van der Waals surface area contributed by atoms with Crippen LogP contribution in [0, 0.1) is 0 Å². The lowest BCUT2D eigenvalue weighted by molar-refractivity contribution is 0.308. The van der Waals surface area contributed by atoms with Gasteiger partial charge in [-0.3, -0.25) is 5.11 Å². The van der Waals surface area contributed by atoms with Crippen molar-refractivity contribution in [3.05, 3.63) is 46.9 Å². The standard InChI is InChI=1S/C16H16BrO3/c1-2-3-10-19-13-5-7-14(8-6-13)20-16-11-12(17)4-9-15(16)18/h4-9,11H,2-3,10H2,1H3. The van der Waals surface area contributed by atoms with E-state index in [1.165, 1.54) is 6.07 Å². The average molecular weight is 336 g/mol. The molecule has 2 aromatic rings. The topological polar surface area (TPSA) is 38.4 Å². The van der Waals surface area contributed by atoms with Gasteiger partial charge in [0.25, 0.3) is 0 Å². The van der Waals surface area contributed by atoms with E-state index in [0.29, 0.717) is 18.1 Å². The molecule has 0 aliphatic heterocycles. The summed E-state index contributed by atoms with van der Waals surface area (Å²) in [4.78, 5) is 0. The van der Waals surface area contributed by atoms with Crippen molar-refractivity contribution in [3.63, 3.8) is 0 Å². The summed E-state index contributed by atoms with van der Waals surface area (Å²) in [5, 5.41) is 11.6. The van der Waals surface area contributed by atoms with Gasteiger partial charge in [-0.05, 0) is 48.9 Å². The molecule has 105 valence electrons. The van der Waals surface area contributed by atoms with Crippen molar-refractivity contribution in [1.82, 2.24) is 0 Å². The van der Waals surface area contributed by atoms with E-state index in [-0.39, 0.29) is 5.75 Å². The van der Waals surface area contributed by atoms with Crippen molar-refractivity contribution < 1.29 is 14.6 Å². The van der Waals surface area contributed by atoms with E-state index in [1.54, 1.807) is 24.3 Å². The van der Waals surface area contributed by atoms with Gasteiger partial charge in [-0.2, -0.15) is 0 Å². The molecule has 0 atom stereocenters. The Morgan fingerprint density at radius 3 is 2.45 bits per heavy atom. The van der Waals surface area contributed by atoms with Gasteiger partial charge in [0.2, 0.25) is 5.75 Å². The van der Waals surface area contributed by atoms with Crippen molar-refractivity contribution in [2.45, 2.75) is 19.8 Å². The Balaban J connectivity index is 2.01. The summed E-state index contributed by atoms with van der Waals surface area (Å²) >= 11 is 3.32. The quantitative estimate of drug-likeness (QED) is 0.647. The van der Waals surface area contributed by atoms with Crippen LogP contribution in [0.2, 0.25) is 0 Å². The third-order valence-electron chi connectivity index (χ3n) is 2.72. The highest BCUT2D eigenvalue weighted by atomic mass is 79.9. The number of hydrogen-bond donors (Lipinski definition) is 0. The summed E-state index contributed by atoms with van der Waals surface area (Å²) < 4.78 is 12.0. The van der Waals surface area contributed by atoms with Gasteiger partial charge in [-0.15, -0.1) is 0 Å². The lowest BCUT2D eigenvalue weighted by Crippen LogP contribution is -1.96. The molecule has 0 aliphatic rings. The first-order valence-electron chi connectivity index (χ1n) is 6.56. The van der Waals surface area contributed by atoms with Crippen LogP contribution in [0.25, 0.3) is 0 Å². The van der Waals surface area contributed by atoms with Crippen LogP contribution in [0.4, 0.5) is 0 Å². The normalized spacial score (nSPS) is 10.3. The number of rotatable bonds is 6. The minimum absolute atomic E-state index is 0.142. The second kappa shape index (κ2) is 7.20. The van der Waals surface area contributed by atoms with Crippen molar-refractivity contribution in [3.8, 4) is 23.0 Å². The highest BCUT2D eigenvalue weighted by Crippen LogP contribution is 2.34. The SMILES string of the molecule is CCCCOc1ccc(Oc2cc(Br)ccc2[O])cc1. The summed E-state index contributed by atoms with van der Waals surface area (Å²) in [6.07, 6.45) is 2.15. The molecule has 2 aromatic carbocycles. The molecule has 0 saturated heterocycles. The number of hydrogen-bond acceptors (Lipinski definition) is 2. The smallest absolute Gasteiger partial charge is 0.221 e. The van der Waals surface area contributed by atoms with Gasteiger partial charge in [0, 0.05) is 4.47 Å². The average Bonchev–Trinajstić information content (AvgIpc) is 2.45.